The van der Waals surface area contributed by atoms with Gasteiger partial charge in [-0.2, -0.15) is 0 Å². The van der Waals surface area contributed by atoms with E-state index in [1.54, 1.807) is 18.2 Å². The lowest BCUT2D eigenvalue weighted by Crippen LogP contribution is -1.87. The van der Waals surface area contributed by atoms with Gasteiger partial charge in [-0.3, -0.25) is 0 Å². The highest BCUT2D eigenvalue weighted by atomic mass is 19.1. The van der Waals surface area contributed by atoms with Gasteiger partial charge in [0.05, 0.1) is 0 Å². The van der Waals surface area contributed by atoms with Crippen molar-refractivity contribution in [3.63, 3.8) is 0 Å². The highest BCUT2D eigenvalue weighted by Gasteiger charge is 1.97. The topological polar surface area (TPSA) is 23.9 Å². The number of benzene rings is 1. The van der Waals surface area contributed by atoms with Crippen LogP contribution >= 0.6 is 0 Å². The Bertz CT molecular complexity index is 292. The summed E-state index contributed by atoms with van der Waals surface area (Å²) in [6, 6.07) is 4.53. The van der Waals surface area contributed by atoms with Gasteiger partial charge in [-0.1, -0.05) is 18.7 Å². The predicted molar refractivity (Wildman–Crippen MR) is 44.4 cm³/mol. The maximum Gasteiger partial charge on any atom is 0.131 e. The zero-order valence-electron chi connectivity index (χ0n) is 5.97. The molecule has 0 amide bonds. The molecule has 0 unspecified atom stereocenters. The van der Waals surface area contributed by atoms with E-state index in [1.807, 2.05) is 0 Å². The standard InChI is InChI=1S/C9H8FN/c1-2-7-3-4-9(10)8(5-7)6-11/h2-6,11H,1H2. The van der Waals surface area contributed by atoms with Gasteiger partial charge in [-0.15, -0.1) is 0 Å². The SMILES string of the molecule is C=Cc1ccc(F)c(C=N)c1. The van der Waals surface area contributed by atoms with Crippen LogP contribution in [0.25, 0.3) is 6.08 Å². The van der Waals surface area contributed by atoms with E-state index >= 15 is 0 Å². The molecule has 0 atom stereocenters. The van der Waals surface area contributed by atoms with E-state index in [1.165, 1.54) is 6.07 Å². The van der Waals surface area contributed by atoms with Crippen LogP contribution < -0.4 is 0 Å². The Kier molecular flexibility index (Phi) is 2.16. The van der Waals surface area contributed by atoms with Crippen LogP contribution in [-0.2, 0) is 0 Å². The molecule has 0 fully saturated rings. The first-order valence-corrected chi connectivity index (χ1v) is 3.20. The molecule has 0 spiro atoms. The second-order valence-electron chi connectivity index (χ2n) is 2.13. The lowest BCUT2D eigenvalue weighted by molar-refractivity contribution is 0.626. The van der Waals surface area contributed by atoms with Crippen molar-refractivity contribution in [2.75, 3.05) is 0 Å². The number of hydrogen-bond acceptors (Lipinski definition) is 1. The molecule has 0 radical (unpaired) electrons. The Balaban J connectivity index is 3.22. The Morgan fingerprint density at radius 3 is 2.73 bits per heavy atom. The average Bonchev–Trinajstić information content (AvgIpc) is 2.05. The van der Waals surface area contributed by atoms with Crippen molar-refractivity contribution >= 4 is 12.3 Å². The van der Waals surface area contributed by atoms with E-state index in [4.69, 9.17) is 5.41 Å². The van der Waals surface area contributed by atoms with Crippen LogP contribution in [0.3, 0.4) is 0 Å². The van der Waals surface area contributed by atoms with Crippen molar-refractivity contribution in [2.24, 2.45) is 0 Å². The van der Waals surface area contributed by atoms with Crippen LogP contribution in [0.4, 0.5) is 4.39 Å². The molecule has 1 aromatic rings. The molecular weight excluding hydrogens is 141 g/mol. The van der Waals surface area contributed by atoms with Gasteiger partial charge < -0.3 is 5.41 Å². The van der Waals surface area contributed by atoms with Crippen molar-refractivity contribution in [2.45, 2.75) is 0 Å². The zero-order valence-corrected chi connectivity index (χ0v) is 5.97. The molecule has 0 saturated carbocycles. The highest BCUT2D eigenvalue weighted by molar-refractivity contribution is 5.78. The summed E-state index contributed by atoms with van der Waals surface area (Å²) in [6.07, 6.45) is 2.61. The molecule has 1 rings (SSSR count). The van der Waals surface area contributed by atoms with Crippen molar-refractivity contribution in [3.8, 4) is 0 Å². The largest absolute Gasteiger partial charge is 0.308 e. The fourth-order valence-electron chi connectivity index (χ4n) is 0.800. The van der Waals surface area contributed by atoms with Crippen molar-refractivity contribution in [3.05, 3.63) is 41.7 Å². The summed E-state index contributed by atoms with van der Waals surface area (Å²) >= 11 is 0. The van der Waals surface area contributed by atoms with E-state index in [0.717, 1.165) is 11.8 Å². The van der Waals surface area contributed by atoms with Gasteiger partial charge in [0.1, 0.15) is 5.82 Å². The van der Waals surface area contributed by atoms with Crippen LogP contribution in [0.5, 0.6) is 0 Å². The van der Waals surface area contributed by atoms with Crippen LogP contribution in [-0.4, -0.2) is 6.21 Å². The third-order valence-corrected chi connectivity index (χ3v) is 1.41. The summed E-state index contributed by atoms with van der Waals surface area (Å²) in [4.78, 5) is 0. The number of rotatable bonds is 2. The van der Waals surface area contributed by atoms with Crippen molar-refractivity contribution in [1.82, 2.24) is 0 Å². The Morgan fingerprint density at radius 1 is 1.45 bits per heavy atom. The van der Waals surface area contributed by atoms with Crippen LogP contribution in [0.15, 0.2) is 24.8 Å². The van der Waals surface area contributed by atoms with Gasteiger partial charge in [-0.25, -0.2) is 4.39 Å². The van der Waals surface area contributed by atoms with Crippen molar-refractivity contribution in [1.29, 1.82) is 5.41 Å². The molecule has 0 aromatic heterocycles. The summed E-state index contributed by atoms with van der Waals surface area (Å²) < 4.78 is 12.7. The smallest absolute Gasteiger partial charge is 0.131 e. The summed E-state index contributed by atoms with van der Waals surface area (Å²) in [6.45, 7) is 3.54. The zero-order chi connectivity index (χ0) is 8.27. The molecular formula is C9H8FN. The molecule has 56 valence electrons. The Labute approximate surface area is 64.7 Å². The third kappa shape index (κ3) is 1.52. The minimum Gasteiger partial charge on any atom is -0.308 e. The molecule has 0 saturated heterocycles. The van der Waals surface area contributed by atoms with E-state index in [-0.39, 0.29) is 5.82 Å². The normalized spacial score (nSPS) is 9.18. The van der Waals surface area contributed by atoms with Gasteiger partial charge in [-0.05, 0) is 17.7 Å². The Hall–Kier alpha value is -1.44. The summed E-state index contributed by atoms with van der Waals surface area (Å²) in [5, 5.41) is 6.86. The van der Waals surface area contributed by atoms with Gasteiger partial charge in [0.25, 0.3) is 0 Å². The van der Waals surface area contributed by atoms with Gasteiger partial charge in [0.15, 0.2) is 0 Å². The average molecular weight is 149 g/mol. The second-order valence-corrected chi connectivity index (χ2v) is 2.13. The summed E-state index contributed by atoms with van der Waals surface area (Å²) in [5.74, 6) is -0.370. The second kappa shape index (κ2) is 3.10. The number of nitrogens with one attached hydrogen (secondary N) is 1. The van der Waals surface area contributed by atoms with Crippen LogP contribution in [0.2, 0.25) is 0 Å². The highest BCUT2D eigenvalue weighted by Crippen LogP contribution is 2.08. The molecule has 0 heterocycles. The monoisotopic (exact) mass is 149 g/mol. The minimum absolute atomic E-state index is 0.294. The summed E-state index contributed by atoms with van der Waals surface area (Å²) in [5.41, 5.74) is 1.12. The van der Waals surface area contributed by atoms with E-state index < -0.39 is 0 Å². The molecule has 1 nitrogen and oxygen atoms in total. The maximum atomic E-state index is 12.7. The number of hydrogen-bond donors (Lipinski definition) is 1. The third-order valence-electron chi connectivity index (χ3n) is 1.41. The lowest BCUT2D eigenvalue weighted by Gasteiger charge is -1.96. The molecule has 0 bridgehead atoms. The summed E-state index contributed by atoms with van der Waals surface area (Å²) in [7, 11) is 0. The lowest BCUT2D eigenvalue weighted by atomic mass is 10.1. The fourth-order valence-corrected chi connectivity index (χ4v) is 0.800. The van der Waals surface area contributed by atoms with Gasteiger partial charge in [0.2, 0.25) is 0 Å². The molecule has 0 aliphatic carbocycles. The Morgan fingerprint density at radius 2 is 2.18 bits per heavy atom. The van der Waals surface area contributed by atoms with Gasteiger partial charge >= 0.3 is 0 Å². The first kappa shape index (κ1) is 7.66. The van der Waals surface area contributed by atoms with Crippen LogP contribution in [0, 0.1) is 11.2 Å². The predicted octanol–water partition coefficient (Wildman–Crippen LogP) is 2.47. The first-order chi connectivity index (χ1) is 5.27. The molecule has 2 heteroatoms. The quantitative estimate of drug-likeness (QED) is 0.624. The van der Waals surface area contributed by atoms with Gasteiger partial charge in [0, 0.05) is 11.8 Å². The van der Waals surface area contributed by atoms with E-state index in [2.05, 4.69) is 6.58 Å². The van der Waals surface area contributed by atoms with E-state index in [0.29, 0.717) is 5.56 Å². The van der Waals surface area contributed by atoms with Crippen LogP contribution in [0.1, 0.15) is 11.1 Å². The fraction of sp³-hybridized carbons (Fsp3) is 0. The molecule has 1 aromatic carbocycles. The molecule has 11 heavy (non-hydrogen) atoms. The first-order valence-electron chi connectivity index (χ1n) is 3.20. The van der Waals surface area contributed by atoms with Crippen molar-refractivity contribution < 1.29 is 4.39 Å². The molecule has 0 aliphatic heterocycles. The molecule has 0 aliphatic rings. The minimum atomic E-state index is -0.370. The maximum absolute atomic E-state index is 12.7. The number of halogens is 1. The van der Waals surface area contributed by atoms with E-state index in [9.17, 15) is 4.39 Å². The molecule has 1 N–H and O–H groups in total.